The Hall–Kier alpha value is -0.0761. The molecule has 3 heteroatoms. The normalized spacial score (nSPS) is 30.5. The van der Waals surface area contributed by atoms with Crippen molar-refractivity contribution in [3.05, 3.63) is 23.8 Å². The molecule has 0 aromatic carbocycles. The molecule has 0 aromatic rings. The summed E-state index contributed by atoms with van der Waals surface area (Å²) in [6.07, 6.45) is 5.96. The second-order valence-corrected chi connectivity index (χ2v) is 3.30. The van der Waals surface area contributed by atoms with Gasteiger partial charge in [-0.3, -0.25) is 0 Å². The second kappa shape index (κ2) is 3.97. The van der Waals surface area contributed by atoms with Crippen molar-refractivity contribution in [2.45, 2.75) is 19.9 Å². The Balaban J connectivity index is 0.000000845. The minimum absolute atomic E-state index is 0. The standard InChI is InChI=1S/C10H10NO.Y/c1-6-7(2)11-10-4-3-8(12)5-9(6)10;/h4-7H,1-2H3;/q-1;. The van der Waals surface area contributed by atoms with Crippen LogP contribution >= 0.6 is 0 Å². The zero-order valence-electron chi connectivity index (χ0n) is 7.74. The average Bonchev–Trinajstić information content (AvgIpc) is 2.31. The molecule has 2 unspecified atom stereocenters. The molecule has 0 spiro atoms. The first-order valence-corrected chi connectivity index (χ1v) is 4.12. The monoisotopic (exact) mass is 249 g/mol. The maximum atomic E-state index is 11.0. The van der Waals surface area contributed by atoms with Gasteiger partial charge in [-0.25, -0.2) is 0 Å². The number of allylic oxidation sites excluding steroid dienone is 3. The van der Waals surface area contributed by atoms with E-state index in [-0.39, 0.29) is 38.5 Å². The molecule has 65 valence electrons. The molecular weight excluding hydrogens is 239 g/mol. The van der Waals surface area contributed by atoms with E-state index >= 15 is 0 Å². The largest absolute Gasteiger partial charge is 0.346 e. The molecule has 1 aliphatic carbocycles. The van der Waals surface area contributed by atoms with Crippen molar-refractivity contribution in [2.24, 2.45) is 10.9 Å². The summed E-state index contributed by atoms with van der Waals surface area (Å²) in [5, 5.41) is 0. The summed E-state index contributed by atoms with van der Waals surface area (Å²) >= 11 is 0. The quantitative estimate of drug-likeness (QED) is 0.470. The van der Waals surface area contributed by atoms with Crippen molar-refractivity contribution in [3.8, 4) is 0 Å². The molecular formula is C10H10NOY-. The van der Waals surface area contributed by atoms with Gasteiger partial charge in [0.1, 0.15) is 0 Å². The van der Waals surface area contributed by atoms with Crippen LogP contribution in [0.3, 0.4) is 0 Å². The van der Waals surface area contributed by atoms with Crippen LogP contribution in [0.4, 0.5) is 0 Å². The van der Waals surface area contributed by atoms with Crippen LogP contribution in [-0.2, 0) is 37.5 Å². The van der Waals surface area contributed by atoms with E-state index in [9.17, 15) is 4.79 Å². The number of hydrogen-bond acceptors (Lipinski definition) is 2. The van der Waals surface area contributed by atoms with Gasteiger partial charge in [0.15, 0.2) is 0 Å². The van der Waals surface area contributed by atoms with Gasteiger partial charge in [0.05, 0.1) is 5.78 Å². The van der Waals surface area contributed by atoms with Gasteiger partial charge in [-0.1, -0.05) is 6.92 Å². The number of fused-ring (bicyclic) bond motifs is 1. The summed E-state index contributed by atoms with van der Waals surface area (Å²) in [6, 6.07) is 0.301. The third-order valence-electron chi connectivity index (χ3n) is 2.49. The summed E-state index contributed by atoms with van der Waals surface area (Å²) in [6.45, 7) is 4.16. The van der Waals surface area contributed by atoms with Gasteiger partial charge in [-0.05, 0) is 18.6 Å². The molecule has 2 rings (SSSR count). The van der Waals surface area contributed by atoms with Crippen LogP contribution in [0, 0.1) is 12.0 Å². The van der Waals surface area contributed by atoms with Crippen molar-refractivity contribution in [3.63, 3.8) is 0 Å². The van der Waals surface area contributed by atoms with Gasteiger partial charge in [0.25, 0.3) is 0 Å². The summed E-state index contributed by atoms with van der Waals surface area (Å²) in [4.78, 5) is 15.4. The number of rotatable bonds is 0. The van der Waals surface area contributed by atoms with Crippen molar-refractivity contribution >= 4 is 11.5 Å². The summed E-state index contributed by atoms with van der Waals surface area (Å²) < 4.78 is 0. The smallest absolute Gasteiger partial charge is 0.0678 e. The summed E-state index contributed by atoms with van der Waals surface area (Å²) in [7, 11) is 0. The zero-order valence-corrected chi connectivity index (χ0v) is 10.6. The van der Waals surface area contributed by atoms with E-state index < -0.39 is 0 Å². The van der Waals surface area contributed by atoms with E-state index in [4.69, 9.17) is 0 Å². The Bertz CT molecular complexity index is 328. The van der Waals surface area contributed by atoms with Gasteiger partial charge in [-0.2, -0.15) is 0 Å². The fraction of sp³-hybridized carbons (Fsp3) is 0.400. The fourth-order valence-electron chi connectivity index (χ4n) is 1.55. The maximum Gasteiger partial charge on any atom is 0.0678 e. The molecule has 1 aliphatic heterocycles. The maximum absolute atomic E-state index is 11.0. The van der Waals surface area contributed by atoms with Gasteiger partial charge in [0, 0.05) is 38.8 Å². The number of hydrogen-bond donors (Lipinski definition) is 0. The fourth-order valence-corrected chi connectivity index (χ4v) is 1.55. The molecule has 0 amide bonds. The Morgan fingerprint density at radius 1 is 1.46 bits per heavy atom. The molecule has 0 bridgehead atoms. The average molecular weight is 249 g/mol. The number of aliphatic imine (C=N–C) groups is 1. The predicted molar refractivity (Wildman–Crippen MR) is 47.0 cm³/mol. The molecule has 1 heterocycles. The van der Waals surface area contributed by atoms with E-state index in [1.54, 1.807) is 12.2 Å². The van der Waals surface area contributed by atoms with Gasteiger partial charge in [0.2, 0.25) is 0 Å². The van der Waals surface area contributed by atoms with Gasteiger partial charge in [-0.15, -0.1) is 23.8 Å². The molecule has 0 aromatic heterocycles. The minimum atomic E-state index is -0.0371. The molecule has 2 aliphatic rings. The molecule has 0 fully saturated rings. The van der Waals surface area contributed by atoms with Crippen LogP contribution in [0.1, 0.15) is 13.8 Å². The van der Waals surface area contributed by atoms with E-state index in [0.717, 1.165) is 11.3 Å². The minimum Gasteiger partial charge on any atom is -0.346 e. The molecule has 2 nitrogen and oxygen atoms in total. The van der Waals surface area contributed by atoms with Crippen LogP contribution in [0.15, 0.2) is 22.7 Å². The Kier molecular flexibility index (Phi) is 3.36. The predicted octanol–water partition coefficient (Wildman–Crippen LogP) is 1.33. The number of ketones is 1. The second-order valence-electron chi connectivity index (χ2n) is 3.30. The van der Waals surface area contributed by atoms with Crippen LogP contribution in [0.5, 0.6) is 0 Å². The SMILES string of the molecule is CC1N=C2C=[C-]C(=O)C=C2C1C.[Y]. The number of nitrogens with zero attached hydrogens (tertiary/aromatic N) is 1. The Morgan fingerprint density at radius 2 is 2.15 bits per heavy atom. The molecule has 0 saturated carbocycles. The zero-order chi connectivity index (χ0) is 8.72. The molecule has 0 N–H and O–H groups in total. The Morgan fingerprint density at radius 3 is 2.85 bits per heavy atom. The topological polar surface area (TPSA) is 29.4 Å². The molecule has 13 heavy (non-hydrogen) atoms. The van der Waals surface area contributed by atoms with Gasteiger partial charge >= 0.3 is 0 Å². The summed E-state index contributed by atoms with van der Waals surface area (Å²) in [5.74, 6) is 0.340. The van der Waals surface area contributed by atoms with Crippen molar-refractivity contribution in [2.75, 3.05) is 0 Å². The third kappa shape index (κ3) is 1.89. The van der Waals surface area contributed by atoms with Crippen LogP contribution in [0.25, 0.3) is 0 Å². The Labute approximate surface area is 103 Å². The van der Waals surface area contributed by atoms with Gasteiger partial charge < -0.3 is 9.79 Å². The van der Waals surface area contributed by atoms with Crippen LogP contribution in [0.2, 0.25) is 0 Å². The third-order valence-corrected chi connectivity index (χ3v) is 2.49. The van der Waals surface area contributed by atoms with E-state index in [2.05, 4.69) is 24.9 Å². The first-order valence-electron chi connectivity index (χ1n) is 4.12. The van der Waals surface area contributed by atoms with Crippen molar-refractivity contribution in [1.29, 1.82) is 0 Å². The first kappa shape index (κ1) is 11.0. The van der Waals surface area contributed by atoms with Crippen LogP contribution < -0.4 is 0 Å². The molecule has 0 saturated heterocycles. The first-order chi connectivity index (χ1) is 5.68. The van der Waals surface area contributed by atoms with E-state index in [1.165, 1.54) is 0 Å². The molecule has 2 atom stereocenters. The van der Waals surface area contributed by atoms with Crippen LogP contribution in [-0.4, -0.2) is 17.5 Å². The van der Waals surface area contributed by atoms with Crippen molar-refractivity contribution in [1.82, 2.24) is 0 Å². The molecule has 1 radical (unpaired) electrons. The number of carbonyl (C=O) groups excluding carboxylic acids is 1. The number of carbonyl (C=O) groups is 1. The van der Waals surface area contributed by atoms with Crippen molar-refractivity contribution < 1.29 is 37.5 Å². The van der Waals surface area contributed by atoms with E-state index in [0.29, 0.717) is 12.0 Å². The van der Waals surface area contributed by atoms with E-state index in [1.807, 2.05) is 0 Å². The summed E-state index contributed by atoms with van der Waals surface area (Å²) in [5.41, 5.74) is 2.01.